The van der Waals surface area contributed by atoms with Crippen molar-refractivity contribution in [2.24, 2.45) is 0 Å². The molecule has 0 fully saturated rings. The van der Waals surface area contributed by atoms with Crippen LogP contribution in [0.3, 0.4) is 0 Å². The first-order valence-electron chi connectivity index (χ1n) is 8.22. The number of carbonyl (C=O) groups is 3. The molecule has 2 aromatic carbocycles. The number of esters is 1. The van der Waals surface area contributed by atoms with Gasteiger partial charge in [-0.25, -0.2) is 4.79 Å². The highest BCUT2D eigenvalue weighted by atomic mass is 16.5. The molecule has 130 valence electrons. The van der Waals surface area contributed by atoms with E-state index in [9.17, 15) is 14.4 Å². The van der Waals surface area contributed by atoms with Gasteiger partial charge in [-0.15, -0.1) is 0 Å². The molecular formula is C20H21NO4. The van der Waals surface area contributed by atoms with Gasteiger partial charge in [-0.2, -0.15) is 0 Å². The molecule has 25 heavy (non-hydrogen) atoms. The maximum Gasteiger partial charge on any atom is 0.338 e. The van der Waals surface area contributed by atoms with Crippen LogP contribution in [0.1, 0.15) is 46.5 Å². The van der Waals surface area contributed by atoms with Gasteiger partial charge in [0.25, 0.3) is 0 Å². The first kappa shape index (κ1) is 18.4. The van der Waals surface area contributed by atoms with Crippen molar-refractivity contribution in [3.63, 3.8) is 0 Å². The van der Waals surface area contributed by atoms with Crippen molar-refractivity contribution in [2.75, 3.05) is 11.9 Å². The maximum absolute atomic E-state index is 12.1. The van der Waals surface area contributed by atoms with Crippen LogP contribution in [-0.4, -0.2) is 24.3 Å². The minimum atomic E-state index is -0.525. The van der Waals surface area contributed by atoms with E-state index in [-0.39, 0.29) is 18.3 Å². The lowest BCUT2D eigenvalue weighted by molar-refractivity contribution is -0.115. The van der Waals surface area contributed by atoms with Gasteiger partial charge in [0.2, 0.25) is 5.91 Å². The van der Waals surface area contributed by atoms with Crippen LogP contribution in [0, 0.1) is 0 Å². The summed E-state index contributed by atoms with van der Waals surface area (Å²) in [6, 6.07) is 13.6. The highest BCUT2D eigenvalue weighted by Gasteiger charge is 2.12. The number of carbonyl (C=O) groups excluding carboxylic acids is 3. The average Bonchev–Trinajstić information content (AvgIpc) is 2.66. The fourth-order valence-corrected chi connectivity index (χ4v) is 2.16. The fraction of sp³-hybridized carbons (Fsp3) is 0.250. The highest BCUT2D eigenvalue weighted by molar-refractivity contribution is 6.00. The number of aryl methyl sites for hydroxylation is 1. The van der Waals surface area contributed by atoms with Crippen LogP contribution in [0.15, 0.2) is 48.5 Å². The molecule has 0 aliphatic carbocycles. The minimum absolute atomic E-state index is 0.0953. The number of hydrogen-bond donors (Lipinski definition) is 1. The number of hydrogen-bond acceptors (Lipinski definition) is 4. The quantitative estimate of drug-likeness (QED) is 0.617. The van der Waals surface area contributed by atoms with Crippen LogP contribution in [-0.2, 0) is 16.0 Å². The zero-order valence-electron chi connectivity index (χ0n) is 14.4. The molecule has 5 heteroatoms. The Bertz CT molecular complexity index is 748. The largest absolute Gasteiger partial charge is 0.454 e. The number of ether oxygens (including phenoxy) is 1. The third kappa shape index (κ3) is 5.28. The minimum Gasteiger partial charge on any atom is -0.454 e. The average molecular weight is 339 g/mol. The smallest absolute Gasteiger partial charge is 0.338 e. The normalized spacial score (nSPS) is 10.2. The molecule has 0 aromatic heterocycles. The molecule has 0 radical (unpaired) electrons. The van der Waals surface area contributed by atoms with Crippen molar-refractivity contribution in [1.82, 2.24) is 0 Å². The summed E-state index contributed by atoms with van der Waals surface area (Å²) in [5.41, 5.74) is 2.59. The molecule has 2 rings (SSSR count). The molecule has 1 amide bonds. The number of benzene rings is 2. The molecule has 0 unspecified atom stereocenters. The highest BCUT2D eigenvalue weighted by Crippen LogP contribution is 2.11. The van der Waals surface area contributed by atoms with Gasteiger partial charge in [-0.3, -0.25) is 9.59 Å². The molecule has 0 saturated carbocycles. The van der Waals surface area contributed by atoms with Crippen molar-refractivity contribution in [3.8, 4) is 0 Å². The van der Waals surface area contributed by atoms with E-state index in [2.05, 4.69) is 5.32 Å². The summed E-state index contributed by atoms with van der Waals surface area (Å²) < 4.78 is 5.07. The van der Waals surface area contributed by atoms with E-state index >= 15 is 0 Å². The number of ketones is 1. The third-order valence-corrected chi connectivity index (χ3v) is 3.74. The van der Waals surface area contributed by atoms with Crippen LogP contribution < -0.4 is 5.32 Å². The van der Waals surface area contributed by atoms with Crippen LogP contribution >= 0.6 is 0 Å². The maximum atomic E-state index is 12.1. The van der Waals surface area contributed by atoms with Gasteiger partial charge in [0, 0.05) is 17.7 Å². The zero-order chi connectivity index (χ0) is 18.2. The van der Waals surface area contributed by atoms with Gasteiger partial charge in [0.15, 0.2) is 12.4 Å². The first-order valence-corrected chi connectivity index (χ1v) is 8.22. The van der Waals surface area contributed by atoms with E-state index in [1.165, 1.54) is 0 Å². The molecule has 1 N–H and O–H groups in total. The van der Waals surface area contributed by atoms with E-state index < -0.39 is 5.97 Å². The van der Waals surface area contributed by atoms with Gasteiger partial charge in [0.1, 0.15) is 0 Å². The molecule has 0 aliphatic rings. The third-order valence-electron chi connectivity index (χ3n) is 3.74. The number of amides is 1. The summed E-state index contributed by atoms with van der Waals surface area (Å²) in [5.74, 6) is -0.920. The number of rotatable bonds is 7. The molecule has 0 heterocycles. The van der Waals surface area contributed by atoms with E-state index in [4.69, 9.17) is 4.74 Å². The van der Waals surface area contributed by atoms with Gasteiger partial charge >= 0.3 is 5.97 Å². The predicted octanol–water partition coefficient (Wildman–Crippen LogP) is 3.64. The lowest BCUT2D eigenvalue weighted by atomic mass is 10.1. The van der Waals surface area contributed by atoms with Crippen molar-refractivity contribution in [1.29, 1.82) is 0 Å². The summed E-state index contributed by atoms with van der Waals surface area (Å²) in [4.78, 5) is 35.4. The summed E-state index contributed by atoms with van der Waals surface area (Å²) in [5, 5.41) is 2.70. The van der Waals surface area contributed by atoms with E-state index in [1.54, 1.807) is 43.3 Å². The molecule has 2 aromatic rings. The summed E-state index contributed by atoms with van der Waals surface area (Å²) in [7, 11) is 0. The number of nitrogens with one attached hydrogen (secondary N) is 1. The predicted molar refractivity (Wildman–Crippen MR) is 95.8 cm³/mol. The summed E-state index contributed by atoms with van der Waals surface area (Å²) in [6.07, 6.45) is 1.28. The van der Waals surface area contributed by atoms with Crippen LogP contribution in [0.25, 0.3) is 0 Å². The van der Waals surface area contributed by atoms with Crippen molar-refractivity contribution < 1.29 is 19.1 Å². The standard InChI is InChI=1S/C20H21NO4/c1-3-14-5-7-16(8-6-14)20(24)25-13-18(22)15-9-11-17(12-10-15)21-19(23)4-2/h5-12H,3-4,13H2,1-2H3,(H,21,23). The lowest BCUT2D eigenvalue weighted by Gasteiger charge is -2.07. The summed E-state index contributed by atoms with van der Waals surface area (Å²) in [6.45, 7) is 3.47. The van der Waals surface area contributed by atoms with Crippen molar-refractivity contribution >= 4 is 23.3 Å². The van der Waals surface area contributed by atoms with E-state index in [0.717, 1.165) is 12.0 Å². The van der Waals surface area contributed by atoms with Crippen LogP contribution in [0.2, 0.25) is 0 Å². The fourth-order valence-electron chi connectivity index (χ4n) is 2.16. The molecular weight excluding hydrogens is 318 g/mol. The van der Waals surface area contributed by atoms with Crippen LogP contribution in [0.4, 0.5) is 5.69 Å². The number of anilines is 1. The Morgan fingerprint density at radius 2 is 1.48 bits per heavy atom. The second kappa shape index (κ2) is 8.78. The Morgan fingerprint density at radius 3 is 2.04 bits per heavy atom. The van der Waals surface area contributed by atoms with E-state index in [0.29, 0.717) is 23.2 Å². The second-order valence-corrected chi connectivity index (χ2v) is 5.53. The Morgan fingerprint density at radius 1 is 0.880 bits per heavy atom. The molecule has 0 bridgehead atoms. The molecule has 5 nitrogen and oxygen atoms in total. The molecule has 0 spiro atoms. The molecule has 0 aliphatic heterocycles. The molecule has 0 saturated heterocycles. The van der Waals surface area contributed by atoms with Gasteiger partial charge in [-0.05, 0) is 48.4 Å². The summed E-state index contributed by atoms with van der Waals surface area (Å²) >= 11 is 0. The van der Waals surface area contributed by atoms with E-state index in [1.807, 2.05) is 19.1 Å². The Balaban J connectivity index is 1.90. The molecule has 0 atom stereocenters. The van der Waals surface area contributed by atoms with Gasteiger partial charge in [-0.1, -0.05) is 26.0 Å². The second-order valence-electron chi connectivity index (χ2n) is 5.53. The zero-order valence-corrected chi connectivity index (χ0v) is 14.4. The van der Waals surface area contributed by atoms with Crippen LogP contribution in [0.5, 0.6) is 0 Å². The lowest BCUT2D eigenvalue weighted by Crippen LogP contribution is -2.14. The van der Waals surface area contributed by atoms with Crippen molar-refractivity contribution in [2.45, 2.75) is 26.7 Å². The Kier molecular flexibility index (Phi) is 6.46. The number of Topliss-reactive ketones (excluding diaryl/α,β-unsaturated/α-hetero) is 1. The van der Waals surface area contributed by atoms with Gasteiger partial charge in [0.05, 0.1) is 5.56 Å². The Labute approximate surface area is 147 Å². The van der Waals surface area contributed by atoms with Crippen molar-refractivity contribution in [3.05, 3.63) is 65.2 Å². The first-order chi connectivity index (χ1) is 12.0. The SMILES string of the molecule is CCC(=O)Nc1ccc(C(=O)COC(=O)c2ccc(CC)cc2)cc1. The van der Waals surface area contributed by atoms with Gasteiger partial charge < -0.3 is 10.1 Å². The topological polar surface area (TPSA) is 72.5 Å². The Hall–Kier alpha value is -2.95. The monoisotopic (exact) mass is 339 g/mol.